The van der Waals surface area contributed by atoms with Gasteiger partial charge in [-0.05, 0) is 17.7 Å². The number of halogens is 1. The fraction of sp³-hybridized carbons (Fsp3) is 0.0714. The lowest BCUT2D eigenvalue weighted by atomic mass is 10.2. The van der Waals surface area contributed by atoms with Crippen LogP contribution in [0.3, 0.4) is 0 Å². The van der Waals surface area contributed by atoms with E-state index in [9.17, 15) is 14.5 Å². The zero-order valence-electron chi connectivity index (χ0n) is 10.8. The number of nitro benzene ring substituents is 1. The average molecular weight is 286 g/mol. The molecule has 2 aromatic carbocycles. The van der Waals surface area contributed by atoms with Crippen LogP contribution in [0.25, 0.3) is 11.0 Å². The summed E-state index contributed by atoms with van der Waals surface area (Å²) >= 11 is 0. The van der Waals surface area contributed by atoms with Crippen molar-refractivity contribution < 1.29 is 9.31 Å². The number of H-pyrrole nitrogens is 1. The fourth-order valence-electron chi connectivity index (χ4n) is 2.03. The quantitative estimate of drug-likeness (QED) is 0.569. The van der Waals surface area contributed by atoms with Crippen molar-refractivity contribution in [2.45, 2.75) is 6.54 Å². The van der Waals surface area contributed by atoms with Gasteiger partial charge < -0.3 is 10.3 Å². The number of aromatic amines is 1. The van der Waals surface area contributed by atoms with Crippen molar-refractivity contribution in [2.24, 2.45) is 0 Å². The maximum atomic E-state index is 13.1. The molecule has 7 heteroatoms. The number of rotatable bonds is 4. The van der Waals surface area contributed by atoms with Crippen molar-refractivity contribution in [2.75, 3.05) is 5.32 Å². The second-order valence-corrected chi connectivity index (χ2v) is 4.53. The molecule has 3 aromatic rings. The van der Waals surface area contributed by atoms with Crippen molar-refractivity contribution in [3.8, 4) is 0 Å². The summed E-state index contributed by atoms with van der Waals surface area (Å²) in [4.78, 5) is 17.5. The van der Waals surface area contributed by atoms with Gasteiger partial charge in [0.05, 0.1) is 16.0 Å². The first kappa shape index (κ1) is 13.0. The highest BCUT2D eigenvalue weighted by Crippen LogP contribution is 2.17. The molecule has 1 aromatic heterocycles. The molecular weight excluding hydrogens is 275 g/mol. The van der Waals surface area contributed by atoms with Gasteiger partial charge in [0, 0.05) is 24.7 Å². The Bertz CT molecular complexity index is 816. The van der Waals surface area contributed by atoms with Crippen LogP contribution in [0.1, 0.15) is 5.56 Å². The maximum Gasteiger partial charge on any atom is 0.269 e. The molecule has 1 heterocycles. The Labute approximate surface area is 118 Å². The number of fused-ring (bicyclic) bond motifs is 1. The van der Waals surface area contributed by atoms with Gasteiger partial charge in [-0.15, -0.1) is 0 Å². The van der Waals surface area contributed by atoms with Crippen molar-refractivity contribution in [1.82, 2.24) is 9.97 Å². The molecule has 0 fully saturated rings. The Morgan fingerprint density at radius 1 is 1.29 bits per heavy atom. The van der Waals surface area contributed by atoms with Gasteiger partial charge in [0.15, 0.2) is 0 Å². The molecule has 2 N–H and O–H groups in total. The maximum absolute atomic E-state index is 13.1. The van der Waals surface area contributed by atoms with Gasteiger partial charge in [-0.2, -0.15) is 0 Å². The lowest BCUT2D eigenvalue weighted by Gasteiger charge is -2.02. The summed E-state index contributed by atoms with van der Waals surface area (Å²) in [5.74, 6) is 0.140. The third-order valence-electron chi connectivity index (χ3n) is 3.03. The van der Waals surface area contributed by atoms with Crippen LogP contribution >= 0.6 is 0 Å². The molecule has 106 valence electrons. The Hall–Kier alpha value is -2.96. The van der Waals surface area contributed by atoms with E-state index in [-0.39, 0.29) is 11.5 Å². The van der Waals surface area contributed by atoms with E-state index in [1.54, 1.807) is 18.2 Å². The van der Waals surface area contributed by atoms with Crippen LogP contribution in [-0.4, -0.2) is 14.9 Å². The second kappa shape index (κ2) is 5.20. The Morgan fingerprint density at radius 3 is 2.95 bits per heavy atom. The molecule has 0 radical (unpaired) electrons. The number of hydrogen-bond donors (Lipinski definition) is 2. The molecule has 0 bridgehead atoms. The highest BCUT2D eigenvalue weighted by Gasteiger charge is 2.07. The zero-order chi connectivity index (χ0) is 14.8. The normalized spacial score (nSPS) is 10.7. The van der Waals surface area contributed by atoms with E-state index >= 15 is 0 Å². The topological polar surface area (TPSA) is 83.8 Å². The van der Waals surface area contributed by atoms with E-state index in [0.717, 1.165) is 11.1 Å². The number of nitro groups is 1. The van der Waals surface area contributed by atoms with Crippen LogP contribution in [0.15, 0.2) is 42.5 Å². The van der Waals surface area contributed by atoms with Crippen LogP contribution < -0.4 is 5.32 Å². The molecule has 21 heavy (non-hydrogen) atoms. The number of aromatic nitrogens is 2. The Morgan fingerprint density at radius 2 is 2.14 bits per heavy atom. The van der Waals surface area contributed by atoms with E-state index in [1.165, 1.54) is 24.3 Å². The fourth-order valence-corrected chi connectivity index (χ4v) is 2.03. The molecular formula is C14H11FN4O2. The second-order valence-electron chi connectivity index (χ2n) is 4.53. The van der Waals surface area contributed by atoms with Gasteiger partial charge in [-0.3, -0.25) is 10.1 Å². The monoisotopic (exact) mass is 286 g/mol. The summed E-state index contributed by atoms with van der Waals surface area (Å²) in [6.45, 7) is 0.379. The van der Waals surface area contributed by atoms with E-state index in [0.29, 0.717) is 18.0 Å². The number of non-ortho nitro benzene ring substituents is 1. The Kier molecular flexibility index (Phi) is 3.23. The van der Waals surface area contributed by atoms with Crippen molar-refractivity contribution in [3.63, 3.8) is 0 Å². The summed E-state index contributed by atoms with van der Waals surface area (Å²) in [5.41, 5.74) is 2.05. The minimum Gasteiger partial charge on any atom is -0.352 e. The molecule has 0 saturated carbocycles. The number of imidazole rings is 1. The first-order chi connectivity index (χ1) is 10.1. The minimum absolute atomic E-state index is 0.0426. The van der Waals surface area contributed by atoms with E-state index in [2.05, 4.69) is 15.3 Å². The molecule has 0 aliphatic heterocycles. The average Bonchev–Trinajstić information content (AvgIpc) is 2.87. The van der Waals surface area contributed by atoms with Gasteiger partial charge in [0.1, 0.15) is 5.82 Å². The molecule has 0 amide bonds. The zero-order valence-corrected chi connectivity index (χ0v) is 10.8. The number of nitrogens with zero attached hydrogens (tertiary/aromatic N) is 2. The summed E-state index contributed by atoms with van der Waals surface area (Å²) < 4.78 is 13.1. The van der Waals surface area contributed by atoms with Crippen molar-refractivity contribution >= 4 is 22.7 Å². The van der Waals surface area contributed by atoms with Crippen LogP contribution in [0.2, 0.25) is 0 Å². The van der Waals surface area contributed by atoms with E-state index in [1.807, 2.05) is 0 Å². The summed E-state index contributed by atoms with van der Waals surface area (Å²) in [5, 5.41) is 13.7. The lowest BCUT2D eigenvalue weighted by Crippen LogP contribution is -2.01. The third kappa shape index (κ3) is 2.81. The molecule has 0 spiro atoms. The smallest absolute Gasteiger partial charge is 0.269 e. The predicted octanol–water partition coefficient (Wildman–Crippen LogP) is 3.22. The first-order valence-electron chi connectivity index (χ1n) is 6.24. The van der Waals surface area contributed by atoms with Gasteiger partial charge >= 0.3 is 0 Å². The Balaban J connectivity index is 1.77. The molecule has 6 nitrogen and oxygen atoms in total. The van der Waals surface area contributed by atoms with Gasteiger partial charge in [0.25, 0.3) is 5.69 Å². The molecule has 0 saturated heterocycles. The summed E-state index contributed by atoms with van der Waals surface area (Å²) in [7, 11) is 0. The molecule has 0 atom stereocenters. The van der Waals surface area contributed by atoms with Crippen molar-refractivity contribution in [3.05, 3.63) is 64.0 Å². The lowest BCUT2D eigenvalue weighted by molar-refractivity contribution is -0.384. The van der Waals surface area contributed by atoms with Crippen LogP contribution in [0.4, 0.5) is 16.0 Å². The molecule has 0 aliphatic carbocycles. The van der Waals surface area contributed by atoms with E-state index in [4.69, 9.17) is 0 Å². The highest BCUT2D eigenvalue weighted by molar-refractivity contribution is 5.77. The number of benzene rings is 2. The predicted molar refractivity (Wildman–Crippen MR) is 76.5 cm³/mol. The molecule has 0 unspecified atom stereocenters. The van der Waals surface area contributed by atoms with E-state index < -0.39 is 4.92 Å². The first-order valence-corrected chi connectivity index (χ1v) is 6.24. The van der Waals surface area contributed by atoms with Gasteiger partial charge in [0.2, 0.25) is 5.95 Å². The highest BCUT2D eigenvalue weighted by atomic mass is 19.1. The summed E-state index contributed by atoms with van der Waals surface area (Å²) in [6, 6.07) is 10.6. The van der Waals surface area contributed by atoms with Crippen LogP contribution in [-0.2, 0) is 6.54 Å². The number of nitrogens with one attached hydrogen (secondary N) is 2. The number of anilines is 1. The molecule has 0 aliphatic rings. The SMILES string of the molecule is O=[N+]([O-])c1cccc(CNc2nc3cc(F)ccc3[nH]2)c1. The summed E-state index contributed by atoms with van der Waals surface area (Å²) in [6.07, 6.45) is 0. The van der Waals surface area contributed by atoms with Gasteiger partial charge in [-0.25, -0.2) is 9.37 Å². The largest absolute Gasteiger partial charge is 0.352 e. The standard InChI is InChI=1S/C14H11FN4O2/c15-10-4-5-12-13(7-10)18-14(17-12)16-8-9-2-1-3-11(6-9)19(20)21/h1-7H,8H2,(H2,16,17,18). The third-order valence-corrected chi connectivity index (χ3v) is 3.03. The van der Waals surface area contributed by atoms with Crippen LogP contribution in [0, 0.1) is 15.9 Å². The van der Waals surface area contributed by atoms with Crippen LogP contribution in [0.5, 0.6) is 0 Å². The minimum atomic E-state index is -0.437. The van der Waals surface area contributed by atoms with Gasteiger partial charge in [-0.1, -0.05) is 12.1 Å². The number of hydrogen-bond acceptors (Lipinski definition) is 4. The van der Waals surface area contributed by atoms with Crippen molar-refractivity contribution in [1.29, 1.82) is 0 Å². The molecule has 3 rings (SSSR count).